The molecule has 0 unspecified atom stereocenters. The molecule has 0 aliphatic carbocycles. The predicted molar refractivity (Wildman–Crippen MR) is 38.7 cm³/mol. The molecule has 0 aromatic carbocycles. The van der Waals surface area contributed by atoms with Gasteiger partial charge in [0.05, 0.1) is 0 Å². The molecule has 0 bridgehead atoms. The van der Waals surface area contributed by atoms with Crippen molar-refractivity contribution in [1.29, 1.82) is 0 Å². The van der Waals surface area contributed by atoms with Gasteiger partial charge in [-0.05, 0) is 6.07 Å². The van der Waals surface area contributed by atoms with E-state index in [0.29, 0.717) is 6.29 Å². The summed E-state index contributed by atoms with van der Waals surface area (Å²) in [7, 11) is 1.51. The summed E-state index contributed by atoms with van der Waals surface area (Å²) in [6, 6.07) is 1.30. The topological polar surface area (TPSA) is 59.3 Å². The fourth-order valence-electron chi connectivity index (χ4n) is 0.750. The molecule has 0 saturated carbocycles. The number of aromatic hydroxyl groups is 1. The van der Waals surface area contributed by atoms with E-state index in [0.717, 1.165) is 0 Å². The Kier molecular flexibility index (Phi) is 1.76. The molecule has 1 aromatic heterocycles. The van der Waals surface area contributed by atoms with Crippen LogP contribution in [0.5, 0.6) is 5.75 Å². The average Bonchev–Trinajstić information content (AvgIpc) is 1.99. The summed E-state index contributed by atoms with van der Waals surface area (Å²) in [6.45, 7) is 0. The standard InChI is InChI=1S/C7H7NO3/c1-8-3-2-6(10)5(4-9)7(8)11/h2-4,10H,1H3. The van der Waals surface area contributed by atoms with Crippen molar-refractivity contribution >= 4 is 6.29 Å². The first-order valence-corrected chi connectivity index (χ1v) is 3.00. The van der Waals surface area contributed by atoms with Gasteiger partial charge in [0, 0.05) is 13.2 Å². The van der Waals surface area contributed by atoms with E-state index in [1.165, 1.54) is 23.9 Å². The molecular formula is C7H7NO3. The Bertz CT molecular complexity index is 340. The quantitative estimate of drug-likeness (QED) is 0.573. The lowest BCUT2D eigenvalue weighted by Gasteiger charge is -1.98. The molecule has 0 fully saturated rings. The van der Waals surface area contributed by atoms with Crippen LogP contribution in [0.2, 0.25) is 0 Å². The lowest BCUT2D eigenvalue weighted by Crippen LogP contribution is -2.19. The van der Waals surface area contributed by atoms with Crippen molar-refractivity contribution in [3.05, 3.63) is 28.2 Å². The van der Waals surface area contributed by atoms with E-state index in [1.807, 2.05) is 0 Å². The van der Waals surface area contributed by atoms with Crippen LogP contribution >= 0.6 is 0 Å². The number of aldehydes is 1. The number of hydrogen-bond acceptors (Lipinski definition) is 3. The number of aromatic nitrogens is 1. The molecule has 0 radical (unpaired) electrons. The van der Waals surface area contributed by atoms with Crippen LogP contribution in [-0.2, 0) is 7.05 Å². The largest absolute Gasteiger partial charge is 0.507 e. The van der Waals surface area contributed by atoms with Crippen LogP contribution in [-0.4, -0.2) is 16.0 Å². The Morgan fingerprint density at radius 3 is 2.73 bits per heavy atom. The zero-order valence-electron chi connectivity index (χ0n) is 5.94. The average molecular weight is 153 g/mol. The van der Waals surface area contributed by atoms with Gasteiger partial charge in [0.1, 0.15) is 11.3 Å². The van der Waals surface area contributed by atoms with E-state index in [-0.39, 0.29) is 11.3 Å². The van der Waals surface area contributed by atoms with Gasteiger partial charge in [0.15, 0.2) is 6.29 Å². The first-order chi connectivity index (χ1) is 5.16. The van der Waals surface area contributed by atoms with Gasteiger partial charge in [-0.15, -0.1) is 0 Å². The number of carbonyl (C=O) groups excluding carboxylic acids is 1. The molecule has 1 rings (SSSR count). The van der Waals surface area contributed by atoms with Gasteiger partial charge in [0.25, 0.3) is 5.56 Å². The van der Waals surface area contributed by atoms with Gasteiger partial charge in [-0.3, -0.25) is 9.59 Å². The molecule has 11 heavy (non-hydrogen) atoms. The number of carbonyl (C=O) groups is 1. The van der Waals surface area contributed by atoms with Crippen molar-refractivity contribution < 1.29 is 9.90 Å². The summed E-state index contributed by atoms with van der Waals surface area (Å²) in [4.78, 5) is 21.2. The second kappa shape index (κ2) is 2.57. The highest BCUT2D eigenvalue weighted by Crippen LogP contribution is 2.07. The first kappa shape index (κ1) is 7.53. The Morgan fingerprint density at radius 1 is 1.64 bits per heavy atom. The van der Waals surface area contributed by atoms with Gasteiger partial charge in [-0.1, -0.05) is 0 Å². The fraction of sp³-hybridized carbons (Fsp3) is 0.143. The third-order valence-corrected chi connectivity index (χ3v) is 1.40. The SMILES string of the molecule is Cn1ccc(O)c(C=O)c1=O. The van der Waals surface area contributed by atoms with E-state index < -0.39 is 5.56 Å². The molecule has 0 amide bonds. The molecule has 58 valence electrons. The summed E-state index contributed by atoms with van der Waals surface area (Å²) in [5, 5.41) is 8.97. The third-order valence-electron chi connectivity index (χ3n) is 1.40. The maximum atomic E-state index is 11.0. The van der Waals surface area contributed by atoms with Crippen LogP contribution in [0.4, 0.5) is 0 Å². The van der Waals surface area contributed by atoms with Crippen molar-refractivity contribution in [2.24, 2.45) is 7.05 Å². The summed E-state index contributed by atoms with van der Waals surface area (Å²) in [5.74, 6) is -0.275. The Balaban J connectivity index is 3.54. The van der Waals surface area contributed by atoms with Crippen molar-refractivity contribution in [2.45, 2.75) is 0 Å². The van der Waals surface area contributed by atoms with Gasteiger partial charge in [-0.25, -0.2) is 0 Å². The van der Waals surface area contributed by atoms with E-state index in [4.69, 9.17) is 5.11 Å². The van der Waals surface area contributed by atoms with Gasteiger partial charge in [-0.2, -0.15) is 0 Å². The molecule has 0 saturated heterocycles. The zero-order chi connectivity index (χ0) is 8.43. The van der Waals surface area contributed by atoms with Crippen LogP contribution in [0, 0.1) is 0 Å². The smallest absolute Gasteiger partial charge is 0.264 e. The monoisotopic (exact) mass is 153 g/mol. The number of hydrogen-bond donors (Lipinski definition) is 1. The third kappa shape index (κ3) is 1.14. The second-order valence-corrected chi connectivity index (χ2v) is 2.15. The summed E-state index contributed by atoms with van der Waals surface area (Å²) in [5.41, 5.74) is -0.685. The molecule has 0 spiro atoms. The molecule has 0 aliphatic rings. The molecule has 4 heteroatoms. The predicted octanol–water partition coefficient (Wildman–Crippen LogP) is -0.0966. The minimum Gasteiger partial charge on any atom is -0.507 e. The Morgan fingerprint density at radius 2 is 2.27 bits per heavy atom. The lowest BCUT2D eigenvalue weighted by molar-refractivity contribution is 0.111. The molecule has 1 heterocycles. The molecular weight excluding hydrogens is 146 g/mol. The maximum absolute atomic E-state index is 11.0. The van der Waals surface area contributed by atoms with Crippen LogP contribution in [0.15, 0.2) is 17.1 Å². The Hall–Kier alpha value is -1.58. The van der Waals surface area contributed by atoms with E-state index >= 15 is 0 Å². The van der Waals surface area contributed by atoms with E-state index in [2.05, 4.69) is 0 Å². The van der Waals surface area contributed by atoms with Gasteiger partial charge in [0.2, 0.25) is 0 Å². The van der Waals surface area contributed by atoms with Crippen molar-refractivity contribution in [2.75, 3.05) is 0 Å². The number of rotatable bonds is 1. The molecule has 1 aromatic rings. The molecule has 1 N–H and O–H groups in total. The minimum atomic E-state index is -0.486. The van der Waals surface area contributed by atoms with E-state index in [9.17, 15) is 9.59 Å². The Labute approximate surface area is 62.7 Å². The number of pyridine rings is 1. The highest BCUT2D eigenvalue weighted by molar-refractivity contribution is 5.78. The number of nitrogens with zero attached hydrogens (tertiary/aromatic N) is 1. The molecule has 0 atom stereocenters. The van der Waals surface area contributed by atoms with E-state index in [1.54, 1.807) is 0 Å². The van der Waals surface area contributed by atoms with Crippen molar-refractivity contribution in [3.63, 3.8) is 0 Å². The van der Waals surface area contributed by atoms with Gasteiger partial charge >= 0.3 is 0 Å². The fourth-order valence-corrected chi connectivity index (χ4v) is 0.750. The number of aryl methyl sites for hydroxylation is 1. The van der Waals surface area contributed by atoms with Crippen LogP contribution in [0.3, 0.4) is 0 Å². The highest BCUT2D eigenvalue weighted by Gasteiger charge is 2.04. The van der Waals surface area contributed by atoms with Crippen LogP contribution in [0.1, 0.15) is 10.4 Å². The summed E-state index contributed by atoms with van der Waals surface area (Å²) in [6.07, 6.45) is 1.74. The summed E-state index contributed by atoms with van der Waals surface area (Å²) >= 11 is 0. The van der Waals surface area contributed by atoms with Crippen molar-refractivity contribution in [3.8, 4) is 5.75 Å². The molecule has 4 nitrogen and oxygen atoms in total. The minimum absolute atomic E-state index is 0.199. The van der Waals surface area contributed by atoms with Crippen LogP contribution in [0.25, 0.3) is 0 Å². The lowest BCUT2D eigenvalue weighted by atomic mass is 10.3. The molecule has 0 aliphatic heterocycles. The normalized spacial score (nSPS) is 9.55. The highest BCUT2D eigenvalue weighted by atomic mass is 16.3. The first-order valence-electron chi connectivity index (χ1n) is 3.00. The zero-order valence-corrected chi connectivity index (χ0v) is 5.94. The second-order valence-electron chi connectivity index (χ2n) is 2.15. The summed E-state index contributed by atoms with van der Waals surface area (Å²) < 4.78 is 1.23. The maximum Gasteiger partial charge on any atom is 0.264 e. The van der Waals surface area contributed by atoms with Crippen molar-refractivity contribution in [1.82, 2.24) is 4.57 Å². The van der Waals surface area contributed by atoms with Crippen LogP contribution < -0.4 is 5.56 Å². The van der Waals surface area contributed by atoms with Gasteiger partial charge < -0.3 is 9.67 Å².